The molecule has 2 fully saturated rings. The molecule has 8 heteroatoms. The lowest BCUT2D eigenvalue weighted by Crippen LogP contribution is -2.49. The maximum atomic E-state index is 12.6. The molecule has 26 heavy (non-hydrogen) atoms. The van der Waals surface area contributed by atoms with Crippen molar-refractivity contribution >= 4 is 23.6 Å². The van der Waals surface area contributed by atoms with Crippen LogP contribution in [0.3, 0.4) is 0 Å². The second kappa shape index (κ2) is 8.35. The molecule has 1 aromatic heterocycles. The Morgan fingerprint density at radius 1 is 1.19 bits per heavy atom. The summed E-state index contributed by atoms with van der Waals surface area (Å²) in [5.74, 6) is 1.39. The quantitative estimate of drug-likeness (QED) is 0.594. The normalized spacial score (nSPS) is 18.0. The van der Waals surface area contributed by atoms with Gasteiger partial charge >= 0.3 is 0 Å². The molecule has 0 aromatic carbocycles. The standard InChI is InChI=1S/C18H27N5O2S/c1-12-15(18(26-3)21-16(20-12)14-4-5-14)17(25)19-6-7-22-8-10-23(11-9-22)13(2)24/h14H,4-11H2,1-3H3,(H,19,25). The average Bonchev–Trinajstić information content (AvgIpc) is 3.46. The van der Waals surface area contributed by atoms with Gasteiger partial charge in [0.25, 0.3) is 5.91 Å². The fourth-order valence-corrected chi connectivity index (χ4v) is 3.83. The summed E-state index contributed by atoms with van der Waals surface area (Å²) in [4.78, 5) is 37.3. The first kappa shape index (κ1) is 19.1. The van der Waals surface area contributed by atoms with Gasteiger partial charge in [-0.15, -0.1) is 11.8 Å². The van der Waals surface area contributed by atoms with Crippen LogP contribution >= 0.6 is 11.8 Å². The number of thioether (sulfide) groups is 1. The Morgan fingerprint density at radius 3 is 2.46 bits per heavy atom. The van der Waals surface area contributed by atoms with Gasteiger partial charge in [-0.25, -0.2) is 9.97 Å². The van der Waals surface area contributed by atoms with Gasteiger partial charge in [-0.1, -0.05) is 0 Å². The summed E-state index contributed by atoms with van der Waals surface area (Å²) in [5, 5.41) is 3.78. The third-order valence-corrected chi connectivity index (χ3v) is 5.65. The van der Waals surface area contributed by atoms with Gasteiger partial charge in [0.05, 0.1) is 11.3 Å². The Morgan fingerprint density at radius 2 is 1.88 bits per heavy atom. The molecule has 142 valence electrons. The second-order valence-electron chi connectivity index (χ2n) is 6.93. The molecule has 2 heterocycles. The first-order valence-corrected chi connectivity index (χ1v) is 10.4. The number of carbonyl (C=O) groups excluding carboxylic acids is 2. The number of aromatic nitrogens is 2. The molecule has 1 aliphatic heterocycles. The number of nitrogens with one attached hydrogen (secondary N) is 1. The summed E-state index contributed by atoms with van der Waals surface area (Å²) in [5.41, 5.74) is 1.36. The highest BCUT2D eigenvalue weighted by Crippen LogP contribution is 2.39. The van der Waals surface area contributed by atoms with Crippen molar-refractivity contribution in [2.45, 2.75) is 37.6 Å². The van der Waals surface area contributed by atoms with E-state index in [1.54, 1.807) is 6.92 Å². The number of hydrogen-bond acceptors (Lipinski definition) is 6. The van der Waals surface area contributed by atoms with Crippen molar-refractivity contribution in [3.63, 3.8) is 0 Å². The maximum absolute atomic E-state index is 12.6. The number of rotatable bonds is 6. The average molecular weight is 378 g/mol. The third kappa shape index (κ3) is 4.54. The maximum Gasteiger partial charge on any atom is 0.255 e. The van der Waals surface area contributed by atoms with Gasteiger partial charge in [0.2, 0.25) is 5.91 Å². The van der Waals surface area contributed by atoms with Crippen LogP contribution in [0.5, 0.6) is 0 Å². The van der Waals surface area contributed by atoms with Gasteiger partial charge < -0.3 is 10.2 Å². The fraction of sp³-hybridized carbons (Fsp3) is 0.667. The van der Waals surface area contributed by atoms with E-state index >= 15 is 0 Å². The van der Waals surface area contributed by atoms with E-state index in [2.05, 4.69) is 20.2 Å². The Kier molecular flexibility index (Phi) is 6.13. The van der Waals surface area contributed by atoms with Gasteiger partial charge in [0, 0.05) is 52.1 Å². The molecule has 1 saturated heterocycles. The molecule has 1 saturated carbocycles. The summed E-state index contributed by atoms with van der Waals surface area (Å²) in [7, 11) is 0. The molecule has 2 aliphatic rings. The largest absolute Gasteiger partial charge is 0.351 e. The highest BCUT2D eigenvalue weighted by Gasteiger charge is 2.29. The molecule has 1 N–H and O–H groups in total. The van der Waals surface area contributed by atoms with Gasteiger partial charge in [-0.2, -0.15) is 0 Å². The van der Waals surface area contributed by atoms with Gasteiger partial charge in [-0.3, -0.25) is 14.5 Å². The minimum Gasteiger partial charge on any atom is -0.351 e. The Bertz CT molecular complexity index is 684. The van der Waals surface area contributed by atoms with Crippen molar-refractivity contribution in [3.05, 3.63) is 17.1 Å². The van der Waals surface area contributed by atoms with Crippen LogP contribution in [0, 0.1) is 6.92 Å². The van der Waals surface area contributed by atoms with Crippen LogP contribution < -0.4 is 5.32 Å². The van der Waals surface area contributed by atoms with Gasteiger partial charge in [0.1, 0.15) is 10.9 Å². The van der Waals surface area contributed by atoms with Crippen LogP contribution in [0.4, 0.5) is 0 Å². The van der Waals surface area contributed by atoms with E-state index in [1.807, 2.05) is 18.1 Å². The first-order chi connectivity index (χ1) is 12.5. The minimum absolute atomic E-state index is 0.100. The molecule has 0 unspecified atom stereocenters. The van der Waals surface area contributed by atoms with E-state index < -0.39 is 0 Å². The predicted octanol–water partition coefficient (Wildman–Crippen LogP) is 1.28. The first-order valence-electron chi connectivity index (χ1n) is 9.18. The summed E-state index contributed by atoms with van der Waals surface area (Å²) < 4.78 is 0. The number of piperazine rings is 1. The molecule has 0 bridgehead atoms. The zero-order chi connectivity index (χ0) is 18.7. The molecular formula is C18H27N5O2S. The highest BCUT2D eigenvalue weighted by molar-refractivity contribution is 7.98. The highest BCUT2D eigenvalue weighted by atomic mass is 32.2. The van der Waals surface area contributed by atoms with Crippen LogP contribution in [0.15, 0.2) is 5.03 Å². The van der Waals surface area contributed by atoms with Crippen LogP contribution in [0.2, 0.25) is 0 Å². The molecular weight excluding hydrogens is 350 g/mol. The number of hydrogen-bond donors (Lipinski definition) is 1. The van der Waals surface area contributed by atoms with E-state index in [9.17, 15) is 9.59 Å². The summed E-state index contributed by atoms with van der Waals surface area (Å²) in [6, 6.07) is 0. The lowest BCUT2D eigenvalue weighted by Gasteiger charge is -2.34. The lowest BCUT2D eigenvalue weighted by molar-refractivity contribution is -0.130. The topological polar surface area (TPSA) is 78.4 Å². The van der Waals surface area contributed by atoms with Crippen molar-refractivity contribution < 1.29 is 9.59 Å². The molecule has 0 atom stereocenters. The van der Waals surface area contributed by atoms with E-state index in [1.165, 1.54) is 11.8 Å². The lowest BCUT2D eigenvalue weighted by atomic mass is 10.2. The van der Waals surface area contributed by atoms with Crippen molar-refractivity contribution in [2.24, 2.45) is 0 Å². The zero-order valence-corrected chi connectivity index (χ0v) is 16.6. The molecule has 1 aromatic rings. The molecule has 3 rings (SSSR count). The SMILES string of the molecule is CSc1nc(C2CC2)nc(C)c1C(=O)NCCN1CCN(C(C)=O)CC1. The third-order valence-electron chi connectivity index (χ3n) is 4.97. The van der Waals surface area contributed by atoms with Crippen LogP contribution in [0.1, 0.15) is 47.6 Å². The van der Waals surface area contributed by atoms with Crippen molar-refractivity contribution in [1.82, 2.24) is 25.1 Å². The number of nitrogens with zero attached hydrogens (tertiary/aromatic N) is 4. The second-order valence-corrected chi connectivity index (χ2v) is 7.72. The number of carbonyl (C=O) groups is 2. The molecule has 0 spiro atoms. The Hall–Kier alpha value is -1.67. The van der Waals surface area contributed by atoms with Gasteiger partial charge in [0.15, 0.2) is 0 Å². The van der Waals surface area contributed by atoms with Crippen molar-refractivity contribution in [2.75, 3.05) is 45.5 Å². The van der Waals surface area contributed by atoms with E-state index in [4.69, 9.17) is 0 Å². The molecule has 7 nitrogen and oxygen atoms in total. The van der Waals surface area contributed by atoms with Crippen molar-refractivity contribution in [1.29, 1.82) is 0 Å². The Labute approximate surface area is 158 Å². The van der Waals surface area contributed by atoms with Crippen molar-refractivity contribution in [3.8, 4) is 0 Å². The Balaban J connectivity index is 1.53. The number of aryl methyl sites for hydroxylation is 1. The minimum atomic E-state index is -0.100. The molecule has 1 aliphatic carbocycles. The van der Waals surface area contributed by atoms with E-state index in [0.717, 1.165) is 62.1 Å². The summed E-state index contributed by atoms with van der Waals surface area (Å²) in [6.45, 7) is 8.09. The fourth-order valence-electron chi connectivity index (χ4n) is 3.20. The monoisotopic (exact) mass is 377 g/mol. The van der Waals surface area contributed by atoms with E-state index in [-0.39, 0.29) is 11.8 Å². The molecule has 0 radical (unpaired) electrons. The zero-order valence-electron chi connectivity index (χ0n) is 15.7. The van der Waals surface area contributed by atoms with Crippen LogP contribution in [-0.4, -0.2) is 77.1 Å². The predicted molar refractivity (Wildman–Crippen MR) is 102 cm³/mol. The smallest absolute Gasteiger partial charge is 0.255 e. The number of amides is 2. The van der Waals surface area contributed by atoms with E-state index in [0.29, 0.717) is 18.0 Å². The summed E-state index contributed by atoms with van der Waals surface area (Å²) >= 11 is 1.50. The summed E-state index contributed by atoms with van der Waals surface area (Å²) in [6.07, 6.45) is 4.25. The molecule has 2 amide bonds. The van der Waals surface area contributed by atoms with Crippen LogP contribution in [-0.2, 0) is 4.79 Å². The van der Waals surface area contributed by atoms with Gasteiger partial charge in [-0.05, 0) is 26.0 Å². The van der Waals surface area contributed by atoms with Crippen LogP contribution in [0.25, 0.3) is 0 Å².